The van der Waals surface area contributed by atoms with Crippen molar-refractivity contribution in [2.75, 3.05) is 13.2 Å². The van der Waals surface area contributed by atoms with Crippen LogP contribution < -0.4 is 10.1 Å². The molecule has 1 N–H and O–H groups in total. The normalized spacial score (nSPS) is 15.8. The van der Waals surface area contributed by atoms with Crippen LogP contribution in [0.3, 0.4) is 0 Å². The van der Waals surface area contributed by atoms with Gasteiger partial charge in [-0.05, 0) is 48.7 Å². The first-order valence-corrected chi connectivity index (χ1v) is 7.77. The van der Waals surface area contributed by atoms with Crippen LogP contribution in [0.5, 0.6) is 5.75 Å². The lowest BCUT2D eigenvalue weighted by Gasteiger charge is -2.12. The minimum Gasteiger partial charge on any atom is -0.494 e. The number of hydrogen-bond donors (Lipinski definition) is 1. The van der Waals surface area contributed by atoms with E-state index in [0.29, 0.717) is 0 Å². The minimum atomic E-state index is 0.760. The van der Waals surface area contributed by atoms with Gasteiger partial charge in [0.25, 0.3) is 0 Å². The van der Waals surface area contributed by atoms with Gasteiger partial charge in [-0.2, -0.15) is 0 Å². The third-order valence-corrected chi connectivity index (χ3v) is 4.10. The van der Waals surface area contributed by atoms with Crippen LogP contribution in [0.25, 0.3) is 10.8 Å². The molecule has 0 heterocycles. The molecule has 106 valence electrons. The molecule has 0 bridgehead atoms. The molecule has 0 amide bonds. The molecule has 2 heteroatoms. The highest BCUT2D eigenvalue weighted by Crippen LogP contribution is 2.20. The second kappa shape index (κ2) is 6.76. The Labute approximate surface area is 121 Å². The Hall–Kier alpha value is -1.54. The first-order chi connectivity index (χ1) is 9.92. The summed E-state index contributed by atoms with van der Waals surface area (Å²) in [4.78, 5) is 0. The maximum atomic E-state index is 5.84. The Balaban J connectivity index is 1.42. The van der Waals surface area contributed by atoms with Crippen LogP contribution in [0.2, 0.25) is 0 Å². The number of fused-ring (bicyclic) bond motifs is 1. The van der Waals surface area contributed by atoms with E-state index in [2.05, 4.69) is 47.8 Å². The second-order valence-corrected chi connectivity index (χ2v) is 5.65. The molecule has 0 radical (unpaired) electrons. The molecular weight excluding hydrogens is 246 g/mol. The van der Waals surface area contributed by atoms with Crippen molar-refractivity contribution < 1.29 is 4.74 Å². The molecule has 2 aromatic rings. The van der Waals surface area contributed by atoms with E-state index >= 15 is 0 Å². The molecule has 1 aliphatic carbocycles. The number of rotatable bonds is 6. The summed E-state index contributed by atoms with van der Waals surface area (Å²) in [7, 11) is 0. The fourth-order valence-electron chi connectivity index (χ4n) is 2.96. The Morgan fingerprint density at radius 1 is 1.00 bits per heavy atom. The van der Waals surface area contributed by atoms with Gasteiger partial charge in [-0.15, -0.1) is 0 Å². The van der Waals surface area contributed by atoms with E-state index in [1.807, 2.05) is 0 Å². The molecule has 0 aliphatic heterocycles. The fraction of sp³-hybridized carbons (Fsp3) is 0.444. The van der Waals surface area contributed by atoms with Gasteiger partial charge in [0.2, 0.25) is 0 Å². The van der Waals surface area contributed by atoms with Gasteiger partial charge >= 0.3 is 0 Å². The van der Waals surface area contributed by atoms with E-state index in [-0.39, 0.29) is 0 Å². The van der Waals surface area contributed by atoms with Crippen molar-refractivity contribution in [3.63, 3.8) is 0 Å². The monoisotopic (exact) mass is 269 g/mol. The highest BCUT2D eigenvalue weighted by atomic mass is 16.5. The highest BCUT2D eigenvalue weighted by molar-refractivity contribution is 5.83. The molecule has 0 saturated heterocycles. The Morgan fingerprint density at radius 2 is 1.80 bits per heavy atom. The van der Waals surface area contributed by atoms with Crippen molar-refractivity contribution in [2.24, 2.45) is 0 Å². The maximum Gasteiger partial charge on any atom is 0.119 e. The quantitative estimate of drug-likeness (QED) is 0.796. The summed E-state index contributed by atoms with van der Waals surface area (Å²) in [5, 5.41) is 6.13. The molecular formula is C18H23NO. The summed E-state index contributed by atoms with van der Waals surface area (Å²) in [6, 6.07) is 15.5. The number of nitrogens with one attached hydrogen (secondary N) is 1. The summed E-state index contributed by atoms with van der Waals surface area (Å²) in [6.07, 6.45) is 6.57. The van der Waals surface area contributed by atoms with Gasteiger partial charge in [0.1, 0.15) is 5.75 Å². The first-order valence-electron chi connectivity index (χ1n) is 7.77. The summed E-state index contributed by atoms with van der Waals surface area (Å²) in [5.74, 6) is 0.976. The van der Waals surface area contributed by atoms with E-state index in [4.69, 9.17) is 4.74 Å². The van der Waals surface area contributed by atoms with Gasteiger partial charge in [-0.25, -0.2) is 0 Å². The summed E-state index contributed by atoms with van der Waals surface area (Å²) in [6.45, 7) is 1.86. The van der Waals surface area contributed by atoms with E-state index in [1.165, 1.54) is 36.5 Å². The molecule has 2 nitrogen and oxygen atoms in total. The molecule has 3 rings (SSSR count). The van der Waals surface area contributed by atoms with Crippen LogP contribution >= 0.6 is 0 Å². The average molecular weight is 269 g/mol. The fourth-order valence-corrected chi connectivity index (χ4v) is 2.96. The van der Waals surface area contributed by atoms with Gasteiger partial charge in [-0.1, -0.05) is 43.2 Å². The summed E-state index contributed by atoms with van der Waals surface area (Å²) in [5.41, 5.74) is 0. The lowest BCUT2D eigenvalue weighted by molar-refractivity contribution is 0.305. The van der Waals surface area contributed by atoms with E-state index in [9.17, 15) is 0 Å². The Kier molecular flexibility index (Phi) is 4.54. The van der Waals surface area contributed by atoms with Crippen molar-refractivity contribution in [1.82, 2.24) is 5.32 Å². The third-order valence-electron chi connectivity index (χ3n) is 4.10. The van der Waals surface area contributed by atoms with Gasteiger partial charge in [0.15, 0.2) is 0 Å². The van der Waals surface area contributed by atoms with Crippen molar-refractivity contribution in [3.05, 3.63) is 42.5 Å². The molecule has 1 fully saturated rings. The SMILES string of the molecule is c1ccc2cc(OCCCNC3CCCC3)ccc2c1. The van der Waals surface area contributed by atoms with Gasteiger partial charge < -0.3 is 10.1 Å². The lowest BCUT2D eigenvalue weighted by atomic mass is 10.1. The number of benzene rings is 2. The zero-order valence-electron chi connectivity index (χ0n) is 12.0. The first kappa shape index (κ1) is 13.4. The van der Waals surface area contributed by atoms with E-state index in [0.717, 1.165) is 31.4 Å². The summed E-state index contributed by atoms with van der Waals surface area (Å²) < 4.78 is 5.84. The minimum absolute atomic E-state index is 0.760. The van der Waals surface area contributed by atoms with E-state index in [1.54, 1.807) is 0 Å². The van der Waals surface area contributed by atoms with Gasteiger partial charge in [-0.3, -0.25) is 0 Å². The topological polar surface area (TPSA) is 21.3 Å². The van der Waals surface area contributed by atoms with Crippen LogP contribution in [0.4, 0.5) is 0 Å². The Morgan fingerprint density at radius 3 is 2.65 bits per heavy atom. The number of hydrogen-bond acceptors (Lipinski definition) is 2. The van der Waals surface area contributed by atoms with Crippen LogP contribution in [0.15, 0.2) is 42.5 Å². The predicted molar refractivity (Wildman–Crippen MR) is 84.3 cm³/mol. The molecule has 0 unspecified atom stereocenters. The summed E-state index contributed by atoms with van der Waals surface area (Å²) >= 11 is 0. The van der Waals surface area contributed by atoms with Crippen molar-refractivity contribution in [2.45, 2.75) is 38.1 Å². The van der Waals surface area contributed by atoms with Gasteiger partial charge in [0.05, 0.1) is 6.61 Å². The standard InChI is InChI=1S/C18H23NO/c1-2-7-16-14-18(11-10-15(16)6-1)20-13-5-12-19-17-8-3-4-9-17/h1-2,6-7,10-11,14,17,19H,3-5,8-9,12-13H2. The predicted octanol–water partition coefficient (Wildman–Crippen LogP) is 4.14. The molecule has 1 saturated carbocycles. The van der Waals surface area contributed by atoms with Crippen molar-refractivity contribution in [1.29, 1.82) is 0 Å². The highest BCUT2D eigenvalue weighted by Gasteiger charge is 2.13. The molecule has 0 spiro atoms. The maximum absolute atomic E-state index is 5.84. The van der Waals surface area contributed by atoms with Crippen molar-refractivity contribution >= 4 is 10.8 Å². The third kappa shape index (κ3) is 3.51. The molecule has 20 heavy (non-hydrogen) atoms. The smallest absolute Gasteiger partial charge is 0.119 e. The van der Waals surface area contributed by atoms with E-state index < -0.39 is 0 Å². The van der Waals surface area contributed by atoms with Crippen LogP contribution in [0.1, 0.15) is 32.1 Å². The second-order valence-electron chi connectivity index (χ2n) is 5.65. The van der Waals surface area contributed by atoms with Crippen LogP contribution in [-0.2, 0) is 0 Å². The van der Waals surface area contributed by atoms with Gasteiger partial charge in [0, 0.05) is 6.04 Å². The Bertz CT molecular complexity index is 546. The molecule has 1 aliphatic rings. The molecule has 2 aromatic carbocycles. The average Bonchev–Trinajstić information content (AvgIpc) is 3.00. The molecule has 0 atom stereocenters. The zero-order valence-corrected chi connectivity index (χ0v) is 12.0. The van der Waals surface area contributed by atoms with Crippen molar-refractivity contribution in [3.8, 4) is 5.75 Å². The largest absolute Gasteiger partial charge is 0.494 e. The molecule has 0 aromatic heterocycles. The number of ether oxygens (including phenoxy) is 1. The van der Waals surface area contributed by atoms with Crippen LogP contribution in [-0.4, -0.2) is 19.2 Å². The lowest BCUT2D eigenvalue weighted by Crippen LogP contribution is -2.27. The van der Waals surface area contributed by atoms with Crippen LogP contribution in [0, 0.1) is 0 Å². The zero-order chi connectivity index (χ0) is 13.6.